The van der Waals surface area contributed by atoms with E-state index < -0.39 is 0 Å². The highest BCUT2D eigenvalue weighted by Gasteiger charge is 2.25. The van der Waals surface area contributed by atoms with Crippen molar-refractivity contribution in [3.63, 3.8) is 0 Å². The Hall–Kier alpha value is -2.95. The number of aromatic nitrogens is 2. The van der Waals surface area contributed by atoms with Gasteiger partial charge in [0.2, 0.25) is 5.91 Å². The van der Waals surface area contributed by atoms with Gasteiger partial charge < -0.3 is 22.9 Å². The van der Waals surface area contributed by atoms with Crippen LogP contribution in [0.1, 0.15) is 37.9 Å². The molecule has 10 nitrogen and oxygen atoms in total. The van der Waals surface area contributed by atoms with Gasteiger partial charge in [0, 0.05) is 19.4 Å². The van der Waals surface area contributed by atoms with Gasteiger partial charge in [-0.25, -0.2) is 9.98 Å². The minimum atomic E-state index is -0.310. The van der Waals surface area contributed by atoms with Gasteiger partial charge in [0.1, 0.15) is 22.5 Å². The van der Waals surface area contributed by atoms with Gasteiger partial charge in [0.15, 0.2) is 0 Å². The number of unbranched alkanes of at least 4 members (excludes halogenated alkanes) is 1. The van der Waals surface area contributed by atoms with E-state index in [9.17, 15) is 9.59 Å². The topological polar surface area (TPSA) is 181 Å². The summed E-state index contributed by atoms with van der Waals surface area (Å²) in [5.41, 5.74) is 21.4. The first-order chi connectivity index (χ1) is 16.2. The number of nitrogens with two attached hydrogens (primary N) is 4. The predicted molar refractivity (Wildman–Crippen MR) is 138 cm³/mol. The highest BCUT2D eigenvalue weighted by Crippen LogP contribution is 2.32. The Morgan fingerprint density at radius 2 is 1.94 bits per heavy atom. The molecule has 1 heterocycles. The fourth-order valence-electron chi connectivity index (χ4n) is 3.17. The molecule has 8 N–H and O–H groups in total. The van der Waals surface area contributed by atoms with Gasteiger partial charge in [-0.15, -0.1) is 0 Å². The average Bonchev–Trinajstić information content (AvgIpc) is 3.61. The molecule has 1 amide bonds. The van der Waals surface area contributed by atoms with Gasteiger partial charge in [0.25, 0.3) is 5.56 Å². The van der Waals surface area contributed by atoms with Crippen LogP contribution < -0.4 is 28.5 Å². The van der Waals surface area contributed by atoms with Crippen molar-refractivity contribution >= 4 is 52.6 Å². The molecule has 1 aromatic carbocycles. The molecule has 1 aliphatic rings. The monoisotopic (exact) mass is 508 g/mol. The standard InChI is InChI=1S/C17H20ClN3O2.C5H10ClN5/c18-12-4-3-5-13-16(12)17(23)21(9-2-1-6-14(19)22)15(20-13)10-11-7-8-11;1-10-4(8)3(6)5(9)11-2-7/h3-5,11H,1-2,6-10H2,(H2,19,22);1-2,7-8H2,(H2,9,11)/b;4-3+. The largest absolute Gasteiger partial charge is 0.383 e. The van der Waals surface area contributed by atoms with Crippen LogP contribution in [-0.2, 0) is 17.8 Å². The van der Waals surface area contributed by atoms with Gasteiger partial charge >= 0.3 is 0 Å². The summed E-state index contributed by atoms with van der Waals surface area (Å²) < 4.78 is 1.73. The maximum Gasteiger partial charge on any atom is 0.262 e. The van der Waals surface area contributed by atoms with Crippen LogP contribution >= 0.6 is 23.2 Å². The van der Waals surface area contributed by atoms with Crippen molar-refractivity contribution < 1.29 is 4.79 Å². The highest BCUT2D eigenvalue weighted by atomic mass is 35.5. The van der Waals surface area contributed by atoms with Crippen LogP contribution in [0.2, 0.25) is 5.02 Å². The molecule has 1 saturated carbocycles. The quantitative estimate of drug-likeness (QED) is 0.216. The Balaban J connectivity index is 0.000000316. The molecule has 3 rings (SSSR count). The summed E-state index contributed by atoms with van der Waals surface area (Å²) in [5.74, 6) is 1.26. The number of benzene rings is 1. The van der Waals surface area contributed by atoms with Crippen LogP contribution in [0.5, 0.6) is 0 Å². The Morgan fingerprint density at radius 1 is 1.24 bits per heavy atom. The summed E-state index contributed by atoms with van der Waals surface area (Å²) in [4.78, 5) is 35.3. The Kier molecular flexibility index (Phi) is 10.5. The first-order valence-corrected chi connectivity index (χ1v) is 11.5. The molecule has 184 valence electrons. The minimum absolute atomic E-state index is 0.0429. The van der Waals surface area contributed by atoms with Crippen LogP contribution in [0.4, 0.5) is 0 Å². The van der Waals surface area contributed by atoms with E-state index in [-0.39, 0.29) is 34.8 Å². The van der Waals surface area contributed by atoms with Crippen LogP contribution in [0.15, 0.2) is 43.8 Å². The number of nitrogens with zero attached hydrogens (tertiary/aromatic N) is 4. The van der Waals surface area contributed by atoms with Crippen molar-refractivity contribution in [2.75, 3.05) is 6.67 Å². The van der Waals surface area contributed by atoms with Gasteiger partial charge in [-0.3, -0.25) is 19.1 Å². The number of carbonyl (C=O) groups excluding carboxylic acids is 1. The van der Waals surface area contributed by atoms with E-state index in [0.29, 0.717) is 41.2 Å². The molecule has 1 aromatic heterocycles. The molecular formula is C22H30Cl2N8O2. The molecule has 0 bridgehead atoms. The third kappa shape index (κ3) is 7.82. The molecule has 12 heteroatoms. The van der Waals surface area contributed by atoms with E-state index in [1.807, 2.05) is 12.1 Å². The Morgan fingerprint density at radius 3 is 2.53 bits per heavy atom. The smallest absolute Gasteiger partial charge is 0.262 e. The molecule has 0 unspecified atom stereocenters. The van der Waals surface area contributed by atoms with Crippen LogP contribution in [-0.4, -0.2) is 34.7 Å². The van der Waals surface area contributed by atoms with Gasteiger partial charge in [-0.1, -0.05) is 29.3 Å². The lowest BCUT2D eigenvalue weighted by Crippen LogP contribution is -2.26. The van der Waals surface area contributed by atoms with Crippen molar-refractivity contribution in [1.82, 2.24) is 9.55 Å². The molecule has 0 radical (unpaired) electrons. The normalized spacial score (nSPS) is 14.3. The average molecular weight is 509 g/mol. The predicted octanol–water partition coefficient (Wildman–Crippen LogP) is 1.98. The lowest BCUT2D eigenvalue weighted by atomic mass is 10.2. The molecule has 0 aliphatic heterocycles. The van der Waals surface area contributed by atoms with E-state index in [0.717, 1.165) is 18.7 Å². The zero-order valence-corrected chi connectivity index (χ0v) is 20.4. The number of halogens is 2. The van der Waals surface area contributed by atoms with Crippen LogP contribution in [0.3, 0.4) is 0 Å². The molecule has 1 fully saturated rings. The number of carbonyl (C=O) groups is 1. The van der Waals surface area contributed by atoms with Gasteiger partial charge in [-0.05, 0) is 50.5 Å². The third-order valence-electron chi connectivity index (χ3n) is 5.12. The lowest BCUT2D eigenvalue weighted by Gasteiger charge is -2.13. The second-order valence-corrected chi connectivity index (χ2v) is 8.56. The van der Waals surface area contributed by atoms with Crippen molar-refractivity contribution in [2.45, 2.75) is 45.1 Å². The number of hydrogen-bond donors (Lipinski definition) is 4. The summed E-state index contributed by atoms with van der Waals surface area (Å²) in [7, 11) is 0. The number of fused-ring (bicyclic) bond motifs is 1. The summed E-state index contributed by atoms with van der Waals surface area (Å²) >= 11 is 11.8. The fourth-order valence-corrected chi connectivity index (χ4v) is 3.54. The molecule has 2 aromatic rings. The number of hydrogen-bond acceptors (Lipinski definition) is 7. The maximum absolute atomic E-state index is 12.8. The molecule has 0 spiro atoms. The van der Waals surface area contributed by atoms with Crippen molar-refractivity contribution in [2.24, 2.45) is 38.8 Å². The SMILES string of the molecule is C=N/C(N)=C(Cl)\C(N)=N/CN.NC(=O)CCCCn1c(CC2CC2)nc2cccc(Cl)c2c1=O. The molecule has 34 heavy (non-hydrogen) atoms. The van der Waals surface area contributed by atoms with Crippen molar-refractivity contribution in [1.29, 1.82) is 0 Å². The first-order valence-electron chi connectivity index (χ1n) is 10.8. The Bertz CT molecular complexity index is 1160. The summed E-state index contributed by atoms with van der Waals surface area (Å²) in [6.07, 6.45) is 4.96. The number of aliphatic imine (C=N–C) groups is 2. The summed E-state index contributed by atoms with van der Waals surface area (Å²) in [6, 6.07) is 5.36. The summed E-state index contributed by atoms with van der Waals surface area (Å²) in [5, 5.41) is 0.984. The number of amides is 1. The minimum Gasteiger partial charge on any atom is -0.383 e. The van der Waals surface area contributed by atoms with Crippen LogP contribution in [0.25, 0.3) is 10.9 Å². The van der Waals surface area contributed by atoms with E-state index in [2.05, 4.69) is 21.7 Å². The van der Waals surface area contributed by atoms with Gasteiger partial charge in [-0.2, -0.15) is 0 Å². The zero-order valence-electron chi connectivity index (χ0n) is 18.8. The Labute approximate surface area is 207 Å². The van der Waals surface area contributed by atoms with E-state index >= 15 is 0 Å². The van der Waals surface area contributed by atoms with E-state index in [4.69, 9.17) is 46.1 Å². The molecular weight excluding hydrogens is 479 g/mol. The summed E-state index contributed by atoms with van der Waals surface area (Å²) in [6.45, 7) is 3.77. The molecule has 1 aliphatic carbocycles. The third-order valence-corrected chi connectivity index (χ3v) is 5.82. The maximum atomic E-state index is 12.8. The van der Waals surface area contributed by atoms with E-state index in [1.54, 1.807) is 10.6 Å². The molecule has 0 saturated heterocycles. The zero-order chi connectivity index (χ0) is 25.3. The fraction of sp³-hybridized carbons (Fsp3) is 0.409. The lowest BCUT2D eigenvalue weighted by molar-refractivity contribution is -0.118. The number of primary amides is 1. The second-order valence-electron chi connectivity index (χ2n) is 7.77. The van der Waals surface area contributed by atoms with E-state index in [1.165, 1.54) is 12.8 Å². The number of rotatable bonds is 10. The van der Waals surface area contributed by atoms with Crippen molar-refractivity contribution in [3.8, 4) is 0 Å². The highest BCUT2D eigenvalue weighted by molar-refractivity contribution is 6.43. The second kappa shape index (κ2) is 13.1. The first kappa shape index (κ1) is 27.3. The van der Waals surface area contributed by atoms with Crippen LogP contribution in [0, 0.1) is 5.92 Å². The van der Waals surface area contributed by atoms with Crippen molar-refractivity contribution in [3.05, 3.63) is 50.3 Å². The molecule has 0 atom stereocenters. The van der Waals surface area contributed by atoms with Gasteiger partial charge in [0.05, 0.1) is 22.6 Å². The number of amidine groups is 1.